The summed E-state index contributed by atoms with van der Waals surface area (Å²) in [6.07, 6.45) is 0. The minimum absolute atomic E-state index is 0.246. The highest BCUT2D eigenvalue weighted by Gasteiger charge is 2.28. The first-order valence-electron chi connectivity index (χ1n) is 6.21. The molecule has 0 radical (unpaired) electrons. The Hall–Kier alpha value is -1.10. The van der Waals surface area contributed by atoms with E-state index in [1.165, 1.54) is 0 Å². The molecule has 1 rings (SSSR count). The van der Waals surface area contributed by atoms with Crippen LogP contribution in [0.15, 0.2) is 4.52 Å². The Kier molecular flexibility index (Phi) is 4.93. The Morgan fingerprint density at radius 1 is 1.29 bits per heavy atom. The van der Waals surface area contributed by atoms with Gasteiger partial charge in [-0.2, -0.15) is 4.98 Å². The highest BCUT2D eigenvalue weighted by atomic mass is 16.5. The molecule has 0 amide bonds. The van der Waals surface area contributed by atoms with Gasteiger partial charge in [-0.05, 0) is 24.5 Å². The van der Waals surface area contributed by atoms with Gasteiger partial charge in [0.2, 0.25) is 5.89 Å². The predicted molar refractivity (Wildman–Crippen MR) is 69.3 cm³/mol. The summed E-state index contributed by atoms with van der Waals surface area (Å²) < 4.78 is 5.37. The quantitative estimate of drug-likeness (QED) is 0.822. The lowest BCUT2D eigenvalue weighted by atomic mass is 9.89. The number of anilines is 1. The number of nitrogens with zero attached hydrogens (tertiary/aromatic N) is 3. The third-order valence-corrected chi connectivity index (χ3v) is 2.90. The van der Waals surface area contributed by atoms with Gasteiger partial charge in [0.1, 0.15) is 0 Å². The number of aromatic nitrogens is 2. The Balaban J connectivity index is 2.89. The van der Waals surface area contributed by atoms with Crippen LogP contribution in [0.5, 0.6) is 0 Å². The fourth-order valence-corrected chi connectivity index (χ4v) is 2.07. The molecule has 0 saturated heterocycles. The van der Waals surface area contributed by atoms with Crippen LogP contribution < -0.4 is 10.2 Å². The number of likely N-dealkylation sites (N-methyl/N-ethyl adjacent to an activating group) is 1. The first-order chi connectivity index (χ1) is 7.97. The molecule has 1 aromatic heterocycles. The highest BCUT2D eigenvalue weighted by Crippen LogP contribution is 2.27. The third kappa shape index (κ3) is 3.43. The van der Waals surface area contributed by atoms with Crippen molar-refractivity contribution >= 4 is 5.95 Å². The largest absolute Gasteiger partial charge is 0.344 e. The van der Waals surface area contributed by atoms with Crippen molar-refractivity contribution in [3.05, 3.63) is 5.89 Å². The number of hydrogen-bond donors (Lipinski definition) is 1. The fourth-order valence-electron chi connectivity index (χ4n) is 2.07. The third-order valence-electron chi connectivity index (χ3n) is 2.90. The number of hydrogen-bond acceptors (Lipinski definition) is 5. The summed E-state index contributed by atoms with van der Waals surface area (Å²) in [5.74, 6) is 2.06. The first-order valence-corrected chi connectivity index (χ1v) is 6.21. The van der Waals surface area contributed by atoms with Crippen LogP contribution in [0, 0.1) is 5.92 Å². The van der Waals surface area contributed by atoms with Gasteiger partial charge in [0.25, 0.3) is 5.95 Å². The van der Waals surface area contributed by atoms with Crippen LogP contribution in [0.1, 0.15) is 39.5 Å². The molecule has 5 nitrogen and oxygen atoms in total. The van der Waals surface area contributed by atoms with Gasteiger partial charge in [-0.1, -0.05) is 20.8 Å². The normalized spacial score (nSPS) is 15.0. The number of rotatable bonds is 6. The molecule has 17 heavy (non-hydrogen) atoms. The molecule has 2 atom stereocenters. The molecular formula is C12H24N4O. The summed E-state index contributed by atoms with van der Waals surface area (Å²) in [6.45, 7) is 9.57. The van der Waals surface area contributed by atoms with E-state index in [2.05, 4.69) is 43.2 Å². The maximum atomic E-state index is 5.37. The summed E-state index contributed by atoms with van der Waals surface area (Å²) in [7, 11) is 3.82. The second-order valence-electron chi connectivity index (χ2n) is 4.94. The molecule has 1 aromatic rings. The van der Waals surface area contributed by atoms with Gasteiger partial charge in [-0.3, -0.25) is 0 Å². The Labute approximate surface area is 104 Å². The smallest absolute Gasteiger partial charge is 0.265 e. The zero-order chi connectivity index (χ0) is 13.0. The molecule has 0 aliphatic heterocycles. The van der Waals surface area contributed by atoms with Gasteiger partial charge in [-0.15, -0.1) is 0 Å². The van der Waals surface area contributed by atoms with Crippen LogP contribution >= 0.6 is 0 Å². The minimum atomic E-state index is 0.246. The van der Waals surface area contributed by atoms with Crippen LogP contribution in [0.4, 0.5) is 5.95 Å². The van der Waals surface area contributed by atoms with E-state index in [0.29, 0.717) is 17.9 Å². The van der Waals surface area contributed by atoms with E-state index in [4.69, 9.17) is 4.52 Å². The van der Waals surface area contributed by atoms with Crippen LogP contribution in [0.2, 0.25) is 0 Å². The zero-order valence-corrected chi connectivity index (χ0v) is 11.7. The van der Waals surface area contributed by atoms with E-state index < -0.39 is 0 Å². The zero-order valence-electron chi connectivity index (χ0n) is 11.7. The summed E-state index contributed by atoms with van der Waals surface area (Å²) >= 11 is 0. The van der Waals surface area contributed by atoms with Crippen molar-refractivity contribution in [2.45, 2.75) is 39.7 Å². The van der Waals surface area contributed by atoms with Crippen LogP contribution in [-0.2, 0) is 0 Å². The van der Waals surface area contributed by atoms with Crippen molar-refractivity contribution < 1.29 is 4.52 Å². The first kappa shape index (κ1) is 14.0. The molecule has 98 valence electrons. The SMILES string of the molecule is CCNC(C)C(c1nc(N(C)C)no1)C(C)C. The summed E-state index contributed by atoms with van der Waals surface area (Å²) in [5, 5.41) is 7.40. The van der Waals surface area contributed by atoms with E-state index in [0.717, 1.165) is 12.4 Å². The van der Waals surface area contributed by atoms with Crippen LogP contribution in [0.3, 0.4) is 0 Å². The van der Waals surface area contributed by atoms with E-state index in [-0.39, 0.29) is 5.92 Å². The van der Waals surface area contributed by atoms with Crippen molar-refractivity contribution in [1.29, 1.82) is 0 Å². The minimum Gasteiger partial charge on any atom is -0.344 e. The lowest BCUT2D eigenvalue weighted by molar-refractivity contribution is 0.281. The second kappa shape index (κ2) is 6.00. The molecule has 0 bridgehead atoms. The average Bonchev–Trinajstić information content (AvgIpc) is 2.66. The van der Waals surface area contributed by atoms with Crippen LogP contribution in [0.25, 0.3) is 0 Å². The molecule has 0 fully saturated rings. The summed E-state index contributed by atoms with van der Waals surface area (Å²) in [5.41, 5.74) is 0. The molecule has 2 unspecified atom stereocenters. The fraction of sp³-hybridized carbons (Fsp3) is 0.833. The molecule has 1 heterocycles. The van der Waals surface area contributed by atoms with Gasteiger partial charge in [-0.25, -0.2) is 0 Å². The molecule has 0 aliphatic rings. The van der Waals surface area contributed by atoms with Crippen molar-refractivity contribution in [2.75, 3.05) is 25.5 Å². The van der Waals surface area contributed by atoms with Gasteiger partial charge < -0.3 is 14.7 Å². The van der Waals surface area contributed by atoms with Gasteiger partial charge in [0.05, 0.1) is 5.92 Å². The van der Waals surface area contributed by atoms with Gasteiger partial charge in [0, 0.05) is 20.1 Å². The topological polar surface area (TPSA) is 54.2 Å². The van der Waals surface area contributed by atoms with Crippen molar-refractivity contribution in [3.63, 3.8) is 0 Å². The maximum Gasteiger partial charge on any atom is 0.265 e. The molecule has 0 spiro atoms. The van der Waals surface area contributed by atoms with Gasteiger partial charge >= 0.3 is 0 Å². The van der Waals surface area contributed by atoms with Crippen LogP contribution in [-0.4, -0.2) is 36.8 Å². The van der Waals surface area contributed by atoms with E-state index in [1.807, 2.05) is 19.0 Å². The second-order valence-corrected chi connectivity index (χ2v) is 4.94. The lowest BCUT2D eigenvalue weighted by Crippen LogP contribution is -2.34. The van der Waals surface area contributed by atoms with Crippen molar-refractivity contribution in [2.24, 2.45) is 5.92 Å². The molecular weight excluding hydrogens is 216 g/mol. The predicted octanol–water partition coefficient (Wildman–Crippen LogP) is 1.87. The molecule has 0 aliphatic carbocycles. The standard InChI is InChI=1S/C12H24N4O/c1-7-13-9(4)10(8(2)3)11-14-12(15-17-11)16(5)6/h8-10,13H,7H2,1-6H3. The van der Waals surface area contributed by atoms with E-state index in [1.54, 1.807) is 0 Å². The highest BCUT2D eigenvalue weighted by molar-refractivity contribution is 5.24. The molecule has 5 heteroatoms. The van der Waals surface area contributed by atoms with E-state index in [9.17, 15) is 0 Å². The Morgan fingerprint density at radius 3 is 2.35 bits per heavy atom. The van der Waals surface area contributed by atoms with E-state index >= 15 is 0 Å². The summed E-state index contributed by atoms with van der Waals surface area (Å²) in [6, 6.07) is 0.329. The monoisotopic (exact) mass is 240 g/mol. The Bertz CT molecular complexity index is 335. The lowest BCUT2D eigenvalue weighted by Gasteiger charge is -2.24. The van der Waals surface area contributed by atoms with Gasteiger partial charge in [0.15, 0.2) is 0 Å². The summed E-state index contributed by atoms with van der Waals surface area (Å²) in [4.78, 5) is 6.29. The van der Waals surface area contributed by atoms with Crippen molar-refractivity contribution in [3.8, 4) is 0 Å². The molecule has 1 N–H and O–H groups in total. The molecule has 0 saturated carbocycles. The Morgan fingerprint density at radius 2 is 1.94 bits per heavy atom. The maximum absolute atomic E-state index is 5.37. The molecule has 0 aromatic carbocycles. The number of nitrogens with one attached hydrogen (secondary N) is 1. The average molecular weight is 240 g/mol. The van der Waals surface area contributed by atoms with Crippen molar-refractivity contribution in [1.82, 2.24) is 15.5 Å².